The van der Waals surface area contributed by atoms with Crippen molar-refractivity contribution in [3.63, 3.8) is 0 Å². The summed E-state index contributed by atoms with van der Waals surface area (Å²) in [4.78, 5) is 12.7. The van der Waals surface area contributed by atoms with E-state index in [1.807, 2.05) is 0 Å². The largest absolute Gasteiger partial charge is 0.508 e. The summed E-state index contributed by atoms with van der Waals surface area (Å²) in [6, 6.07) is 7.66. The summed E-state index contributed by atoms with van der Waals surface area (Å²) in [5, 5.41) is 70.4. The number of hydrogen-bond donors (Lipinski definition) is 7. The van der Waals surface area contributed by atoms with Crippen LogP contribution < -0.4 is 5.43 Å². The van der Waals surface area contributed by atoms with Crippen LogP contribution in [0.4, 0.5) is 0 Å². The first-order valence-corrected chi connectivity index (χ1v) is 9.35. The molecule has 0 spiro atoms. The number of fused-ring (bicyclic) bond motifs is 1. The van der Waals surface area contributed by atoms with Crippen LogP contribution in [0.15, 0.2) is 45.6 Å². The second-order valence-corrected chi connectivity index (χ2v) is 7.31. The van der Waals surface area contributed by atoms with Gasteiger partial charge in [-0.15, -0.1) is 0 Å². The molecule has 0 amide bonds. The second-order valence-electron chi connectivity index (χ2n) is 7.31. The highest BCUT2D eigenvalue weighted by atomic mass is 16.6. The van der Waals surface area contributed by atoms with E-state index in [0.29, 0.717) is 5.56 Å². The van der Waals surface area contributed by atoms with E-state index in [1.165, 1.54) is 24.3 Å². The molecule has 0 saturated carbocycles. The Balaban J connectivity index is 1.97. The fraction of sp³-hybridized carbons (Fsp3) is 0.286. The Morgan fingerprint density at radius 3 is 2.23 bits per heavy atom. The van der Waals surface area contributed by atoms with Gasteiger partial charge in [0.2, 0.25) is 0 Å². The summed E-state index contributed by atoms with van der Waals surface area (Å²) in [6.45, 7) is -0.676. The van der Waals surface area contributed by atoms with Crippen LogP contribution in [0, 0.1) is 0 Å². The molecular weight excluding hydrogens is 412 g/mol. The fourth-order valence-corrected chi connectivity index (χ4v) is 3.82. The Labute approximate surface area is 174 Å². The predicted molar refractivity (Wildman–Crippen MR) is 106 cm³/mol. The quantitative estimate of drug-likeness (QED) is 0.300. The third-order valence-corrected chi connectivity index (χ3v) is 5.38. The molecule has 0 unspecified atom stereocenters. The van der Waals surface area contributed by atoms with E-state index in [1.54, 1.807) is 0 Å². The number of benzene rings is 2. The van der Waals surface area contributed by atoms with Crippen molar-refractivity contribution in [1.82, 2.24) is 0 Å². The lowest BCUT2D eigenvalue weighted by Crippen LogP contribution is -2.54. The van der Waals surface area contributed by atoms with Gasteiger partial charge in [0.15, 0.2) is 11.7 Å². The molecule has 1 aromatic heterocycles. The molecule has 2 heterocycles. The molecule has 10 heteroatoms. The summed E-state index contributed by atoms with van der Waals surface area (Å²) in [5.41, 5.74) is -0.861. The number of aliphatic hydroxyl groups is 4. The molecule has 0 aliphatic carbocycles. The van der Waals surface area contributed by atoms with Crippen LogP contribution in [-0.4, -0.2) is 67.0 Å². The molecule has 4 rings (SSSR count). The maximum Gasteiger partial charge on any atom is 0.197 e. The minimum atomic E-state index is -1.78. The number of hydrogen-bond acceptors (Lipinski definition) is 10. The Morgan fingerprint density at radius 1 is 0.903 bits per heavy atom. The Morgan fingerprint density at radius 2 is 1.58 bits per heavy atom. The number of rotatable bonds is 3. The van der Waals surface area contributed by atoms with Crippen LogP contribution in [0.2, 0.25) is 0 Å². The molecule has 164 valence electrons. The Hall–Kier alpha value is -3.15. The van der Waals surface area contributed by atoms with Gasteiger partial charge in [-0.1, -0.05) is 0 Å². The summed E-state index contributed by atoms with van der Waals surface area (Å²) in [5.74, 6) is -2.66. The van der Waals surface area contributed by atoms with Gasteiger partial charge in [0.25, 0.3) is 0 Å². The number of phenols is 3. The molecular formula is C21H20O10. The van der Waals surface area contributed by atoms with Gasteiger partial charge in [0.1, 0.15) is 46.2 Å². The molecule has 2 aromatic carbocycles. The van der Waals surface area contributed by atoms with E-state index in [9.17, 15) is 40.5 Å². The van der Waals surface area contributed by atoms with Crippen molar-refractivity contribution in [1.29, 1.82) is 0 Å². The number of phenolic OH excluding ortho intramolecular Hbond substituents is 3. The van der Waals surface area contributed by atoms with Crippen molar-refractivity contribution in [3.05, 3.63) is 52.2 Å². The van der Waals surface area contributed by atoms with Crippen LogP contribution in [-0.2, 0) is 4.74 Å². The zero-order valence-corrected chi connectivity index (χ0v) is 15.9. The lowest BCUT2D eigenvalue weighted by Gasteiger charge is -2.40. The predicted octanol–water partition coefficient (Wildman–Crippen LogP) is 0.0917. The van der Waals surface area contributed by atoms with Gasteiger partial charge in [0.05, 0.1) is 18.6 Å². The van der Waals surface area contributed by atoms with E-state index in [-0.39, 0.29) is 28.0 Å². The van der Waals surface area contributed by atoms with Gasteiger partial charge in [-0.2, -0.15) is 0 Å². The zero-order valence-electron chi connectivity index (χ0n) is 15.9. The minimum Gasteiger partial charge on any atom is -0.508 e. The highest BCUT2D eigenvalue weighted by Crippen LogP contribution is 2.44. The molecule has 0 bridgehead atoms. The molecule has 7 N–H and O–H groups in total. The maximum absolute atomic E-state index is 12.7. The highest BCUT2D eigenvalue weighted by Gasteiger charge is 2.46. The SMILES string of the molecule is O=c1cc(-c2ccc(O)cc2)oc2c([C@H]3[C@H](O)[C@@H](O)[C@H](CO)O[C@H]3O)c(O)cc(O)c12. The first-order chi connectivity index (χ1) is 14.7. The zero-order chi connectivity index (χ0) is 22.4. The molecule has 1 fully saturated rings. The summed E-state index contributed by atoms with van der Waals surface area (Å²) in [6.07, 6.45) is -6.38. The molecule has 3 aromatic rings. The summed E-state index contributed by atoms with van der Waals surface area (Å²) < 4.78 is 10.9. The fourth-order valence-electron chi connectivity index (χ4n) is 3.82. The molecule has 31 heavy (non-hydrogen) atoms. The average molecular weight is 432 g/mol. The third kappa shape index (κ3) is 3.50. The molecule has 1 aliphatic heterocycles. The smallest absolute Gasteiger partial charge is 0.197 e. The van der Waals surface area contributed by atoms with Crippen molar-refractivity contribution in [2.75, 3.05) is 6.61 Å². The molecule has 0 radical (unpaired) electrons. The van der Waals surface area contributed by atoms with Gasteiger partial charge in [0, 0.05) is 23.3 Å². The van der Waals surface area contributed by atoms with Crippen LogP contribution in [0.1, 0.15) is 11.5 Å². The van der Waals surface area contributed by atoms with E-state index in [4.69, 9.17) is 9.15 Å². The topological polar surface area (TPSA) is 181 Å². The lowest BCUT2D eigenvalue weighted by atomic mass is 9.84. The van der Waals surface area contributed by atoms with Gasteiger partial charge in [-0.25, -0.2) is 0 Å². The second kappa shape index (κ2) is 7.84. The number of aromatic hydroxyl groups is 3. The first-order valence-electron chi connectivity index (χ1n) is 9.35. The van der Waals surface area contributed by atoms with Crippen LogP contribution in [0.25, 0.3) is 22.3 Å². The standard InChI is InChI=1S/C21H20O10/c22-7-14-18(27)19(28)17(21(29)31-14)16-11(25)5-10(24)15-12(26)6-13(30-20(15)16)8-1-3-9(23)4-2-8/h1-6,14,17-19,21-25,27-29H,7H2/t14-,17-,18-,19-,21+/m0/s1. The van der Waals surface area contributed by atoms with Crippen LogP contribution in [0.5, 0.6) is 17.2 Å². The first kappa shape index (κ1) is 21.1. The van der Waals surface area contributed by atoms with Crippen molar-refractivity contribution < 1.29 is 44.9 Å². The maximum atomic E-state index is 12.7. The molecule has 10 nitrogen and oxygen atoms in total. The molecule has 1 aliphatic rings. The van der Waals surface area contributed by atoms with E-state index >= 15 is 0 Å². The van der Waals surface area contributed by atoms with Crippen LogP contribution >= 0.6 is 0 Å². The minimum absolute atomic E-state index is 0.0131. The average Bonchev–Trinajstić information content (AvgIpc) is 2.72. The third-order valence-electron chi connectivity index (χ3n) is 5.38. The van der Waals surface area contributed by atoms with Gasteiger partial charge >= 0.3 is 0 Å². The normalized spacial score (nSPS) is 26.3. The summed E-state index contributed by atoms with van der Waals surface area (Å²) in [7, 11) is 0. The van der Waals surface area contributed by atoms with E-state index in [0.717, 1.165) is 12.1 Å². The van der Waals surface area contributed by atoms with Crippen molar-refractivity contribution in [3.8, 4) is 28.6 Å². The number of aliphatic hydroxyl groups excluding tert-OH is 4. The summed E-state index contributed by atoms with van der Waals surface area (Å²) >= 11 is 0. The van der Waals surface area contributed by atoms with Gasteiger partial charge in [-0.05, 0) is 24.3 Å². The molecule has 1 saturated heterocycles. The van der Waals surface area contributed by atoms with Crippen LogP contribution in [0.3, 0.4) is 0 Å². The number of ether oxygens (including phenoxy) is 1. The monoisotopic (exact) mass is 432 g/mol. The van der Waals surface area contributed by atoms with Crippen molar-refractivity contribution >= 4 is 11.0 Å². The Bertz CT molecular complexity index is 1170. The van der Waals surface area contributed by atoms with E-state index in [2.05, 4.69) is 0 Å². The lowest BCUT2D eigenvalue weighted by molar-refractivity contribution is -0.251. The Kier molecular flexibility index (Phi) is 5.33. The van der Waals surface area contributed by atoms with Crippen molar-refractivity contribution in [2.45, 2.75) is 30.5 Å². The van der Waals surface area contributed by atoms with E-state index < -0.39 is 54.1 Å². The van der Waals surface area contributed by atoms with Gasteiger partial charge < -0.3 is 44.9 Å². The van der Waals surface area contributed by atoms with Crippen molar-refractivity contribution in [2.24, 2.45) is 0 Å². The highest BCUT2D eigenvalue weighted by molar-refractivity contribution is 5.89. The van der Waals surface area contributed by atoms with Gasteiger partial charge in [-0.3, -0.25) is 4.79 Å². The molecule has 5 atom stereocenters.